The van der Waals surface area contributed by atoms with E-state index >= 15 is 0 Å². The minimum Gasteiger partial charge on any atom is -0.444 e. The molecule has 0 bridgehead atoms. The molecule has 1 amide bonds. The van der Waals surface area contributed by atoms with Crippen molar-refractivity contribution in [3.05, 3.63) is 65.7 Å². The lowest BCUT2D eigenvalue weighted by Crippen LogP contribution is -2.49. The van der Waals surface area contributed by atoms with Gasteiger partial charge >= 0.3 is 6.09 Å². The Morgan fingerprint density at radius 1 is 1.18 bits per heavy atom. The van der Waals surface area contributed by atoms with E-state index in [9.17, 15) is 18.5 Å². The maximum absolute atomic E-state index is 12.9. The Labute approximate surface area is 201 Å². The fourth-order valence-electron chi connectivity index (χ4n) is 3.77. The lowest BCUT2D eigenvalue weighted by atomic mass is 10.1. The number of ether oxygens (including phenoxy) is 1. The zero-order valence-corrected chi connectivity index (χ0v) is 20.7. The number of carbonyl (C=O) groups is 1. The Hall–Kier alpha value is -2.93. The van der Waals surface area contributed by atoms with Crippen LogP contribution in [0.4, 0.5) is 4.79 Å². The van der Waals surface area contributed by atoms with E-state index in [2.05, 4.69) is 11.4 Å². The Morgan fingerprint density at radius 2 is 1.82 bits per heavy atom. The van der Waals surface area contributed by atoms with Gasteiger partial charge in [-0.1, -0.05) is 48.0 Å². The van der Waals surface area contributed by atoms with Gasteiger partial charge in [0.25, 0.3) is 10.1 Å². The largest absolute Gasteiger partial charge is 0.444 e. The van der Waals surface area contributed by atoms with Gasteiger partial charge in [0, 0.05) is 6.54 Å². The van der Waals surface area contributed by atoms with E-state index in [0.29, 0.717) is 6.54 Å². The molecule has 0 aliphatic carbocycles. The third-order valence-corrected chi connectivity index (χ3v) is 6.77. The van der Waals surface area contributed by atoms with Crippen molar-refractivity contribution < 1.29 is 22.1 Å². The Balaban J connectivity index is 1.79. The normalized spacial score (nSPS) is 19.4. The first-order valence-electron chi connectivity index (χ1n) is 11.1. The molecule has 2 aromatic rings. The molecule has 1 aliphatic heterocycles. The van der Waals surface area contributed by atoms with Gasteiger partial charge in [-0.15, -0.1) is 0 Å². The van der Waals surface area contributed by atoms with E-state index in [1.165, 1.54) is 17.0 Å². The van der Waals surface area contributed by atoms with Crippen LogP contribution in [-0.2, 0) is 25.6 Å². The minimum absolute atomic E-state index is 0.00410. The van der Waals surface area contributed by atoms with Gasteiger partial charge < -0.3 is 4.74 Å². The Kier molecular flexibility index (Phi) is 7.97. The van der Waals surface area contributed by atoms with Crippen molar-refractivity contribution in [1.29, 1.82) is 5.26 Å². The highest BCUT2D eigenvalue weighted by atomic mass is 32.2. The number of nitrogens with one attached hydrogen (secondary N) is 1. The van der Waals surface area contributed by atoms with Crippen molar-refractivity contribution in [3.8, 4) is 6.07 Å². The maximum atomic E-state index is 12.9. The van der Waals surface area contributed by atoms with Crippen LogP contribution in [0.15, 0.2) is 59.5 Å². The predicted octanol–water partition coefficient (Wildman–Crippen LogP) is 3.76. The van der Waals surface area contributed by atoms with Crippen LogP contribution in [0.5, 0.6) is 0 Å². The highest BCUT2D eigenvalue weighted by Crippen LogP contribution is 2.28. The van der Waals surface area contributed by atoms with Crippen LogP contribution in [0.1, 0.15) is 38.3 Å². The lowest BCUT2D eigenvalue weighted by molar-refractivity contribution is 0.0198. The van der Waals surface area contributed by atoms with Gasteiger partial charge in [0.05, 0.1) is 29.7 Å². The molecule has 2 unspecified atom stereocenters. The molecule has 2 aromatic carbocycles. The first kappa shape index (κ1) is 25.7. The summed E-state index contributed by atoms with van der Waals surface area (Å²) in [6, 6.07) is 16.8. The van der Waals surface area contributed by atoms with E-state index in [-0.39, 0.29) is 17.9 Å². The topological polar surface area (TPSA) is 109 Å². The summed E-state index contributed by atoms with van der Waals surface area (Å²) < 4.78 is 36.7. The van der Waals surface area contributed by atoms with Crippen LogP contribution in [0.25, 0.3) is 0 Å². The summed E-state index contributed by atoms with van der Waals surface area (Å²) in [5.74, 6) is 0. The SMILES string of the molecule is Cc1ccc(S(=O)(=O)OC2C[C@H](C(C#N)NCc3ccccc3)N(C(=O)OC(C)(C)C)C2)cc1. The summed E-state index contributed by atoms with van der Waals surface area (Å²) in [6.45, 7) is 7.53. The molecule has 0 aromatic heterocycles. The number of aryl methyl sites for hydroxylation is 1. The summed E-state index contributed by atoms with van der Waals surface area (Å²) in [7, 11) is -4.04. The second-order valence-corrected chi connectivity index (χ2v) is 11.0. The predicted molar refractivity (Wildman–Crippen MR) is 127 cm³/mol. The molecule has 9 heteroatoms. The molecule has 182 valence electrons. The molecule has 1 N–H and O–H groups in total. The van der Waals surface area contributed by atoms with Gasteiger partial charge in [-0.25, -0.2) is 4.79 Å². The molecule has 34 heavy (non-hydrogen) atoms. The summed E-state index contributed by atoms with van der Waals surface area (Å²) in [5.41, 5.74) is 1.17. The fraction of sp³-hybridized carbons (Fsp3) is 0.440. The Bertz CT molecular complexity index is 1120. The van der Waals surface area contributed by atoms with Crippen molar-refractivity contribution in [2.45, 2.75) is 69.3 Å². The molecule has 8 nitrogen and oxygen atoms in total. The van der Waals surface area contributed by atoms with Crippen molar-refractivity contribution in [1.82, 2.24) is 10.2 Å². The first-order chi connectivity index (χ1) is 16.0. The standard InChI is InChI=1S/C25H31N3O5S/c1-18-10-12-21(13-11-18)34(30,31)33-20-14-23(28(17-20)24(29)32-25(2,3)4)22(15-26)27-16-19-8-6-5-7-9-19/h5-13,20,22-23,27H,14,16-17H2,1-4H3/t20?,22?,23-/m1/s1. The van der Waals surface area contributed by atoms with E-state index in [0.717, 1.165) is 11.1 Å². The van der Waals surface area contributed by atoms with Crippen LogP contribution in [-0.4, -0.2) is 49.7 Å². The highest BCUT2D eigenvalue weighted by Gasteiger charge is 2.44. The lowest BCUT2D eigenvalue weighted by Gasteiger charge is -2.30. The molecular weight excluding hydrogens is 454 g/mol. The van der Waals surface area contributed by atoms with Crippen molar-refractivity contribution in [2.75, 3.05) is 6.54 Å². The van der Waals surface area contributed by atoms with Gasteiger partial charge in [0.1, 0.15) is 11.6 Å². The van der Waals surface area contributed by atoms with Gasteiger partial charge in [0.2, 0.25) is 0 Å². The Morgan fingerprint density at radius 3 is 2.41 bits per heavy atom. The number of rotatable bonds is 7. The van der Waals surface area contributed by atoms with Crippen LogP contribution in [0.3, 0.4) is 0 Å². The van der Waals surface area contributed by atoms with Crippen LogP contribution < -0.4 is 5.32 Å². The van der Waals surface area contributed by atoms with Crippen molar-refractivity contribution in [2.24, 2.45) is 0 Å². The zero-order valence-electron chi connectivity index (χ0n) is 19.9. The monoisotopic (exact) mass is 485 g/mol. The number of nitrogens with zero attached hydrogens (tertiary/aromatic N) is 2. The molecule has 3 rings (SSSR count). The van der Waals surface area contributed by atoms with E-state index in [1.807, 2.05) is 37.3 Å². The van der Waals surface area contributed by atoms with E-state index in [1.54, 1.807) is 32.9 Å². The fourth-order valence-corrected chi connectivity index (χ4v) is 4.85. The van der Waals surface area contributed by atoms with Crippen LogP contribution >= 0.6 is 0 Å². The summed E-state index contributed by atoms with van der Waals surface area (Å²) >= 11 is 0. The minimum atomic E-state index is -4.04. The quantitative estimate of drug-likeness (QED) is 0.595. The number of likely N-dealkylation sites (tertiary alicyclic amines) is 1. The van der Waals surface area contributed by atoms with Gasteiger partial charge in [-0.3, -0.25) is 14.4 Å². The third kappa shape index (κ3) is 6.79. The maximum Gasteiger partial charge on any atom is 0.410 e. The number of hydrogen-bond acceptors (Lipinski definition) is 7. The summed E-state index contributed by atoms with van der Waals surface area (Å²) in [6.07, 6.45) is -1.25. The zero-order chi connectivity index (χ0) is 24.9. The average Bonchev–Trinajstić information content (AvgIpc) is 3.17. The van der Waals surface area contributed by atoms with Gasteiger partial charge in [-0.05, 0) is 51.8 Å². The molecule has 1 fully saturated rings. The molecule has 3 atom stereocenters. The van der Waals surface area contributed by atoms with Crippen LogP contribution in [0.2, 0.25) is 0 Å². The number of nitriles is 1. The molecular formula is C25H31N3O5S. The van der Waals surface area contributed by atoms with Crippen molar-refractivity contribution >= 4 is 16.2 Å². The first-order valence-corrected chi connectivity index (χ1v) is 12.6. The number of hydrogen-bond donors (Lipinski definition) is 1. The van der Waals surface area contributed by atoms with Gasteiger partial charge in [0.15, 0.2) is 0 Å². The van der Waals surface area contributed by atoms with E-state index < -0.39 is 40.0 Å². The van der Waals surface area contributed by atoms with Crippen LogP contribution in [0, 0.1) is 18.3 Å². The number of benzene rings is 2. The summed E-state index contributed by atoms with van der Waals surface area (Å²) in [4.78, 5) is 14.4. The number of amides is 1. The number of carbonyl (C=O) groups excluding carboxylic acids is 1. The molecule has 0 spiro atoms. The smallest absolute Gasteiger partial charge is 0.410 e. The molecule has 0 radical (unpaired) electrons. The molecule has 1 heterocycles. The molecule has 1 aliphatic rings. The summed E-state index contributed by atoms with van der Waals surface area (Å²) in [5, 5.41) is 13.1. The third-order valence-electron chi connectivity index (χ3n) is 5.40. The molecule has 0 saturated carbocycles. The molecule has 1 saturated heterocycles. The van der Waals surface area contributed by atoms with E-state index in [4.69, 9.17) is 8.92 Å². The second kappa shape index (κ2) is 10.6. The highest BCUT2D eigenvalue weighted by molar-refractivity contribution is 7.86. The average molecular weight is 486 g/mol. The van der Waals surface area contributed by atoms with Crippen molar-refractivity contribution in [3.63, 3.8) is 0 Å². The van der Waals surface area contributed by atoms with Gasteiger partial charge in [-0.2, -0.15) is 13.7 Å². The second-order valence-electron chi connectivity index (χ2n) is 9.39.